The molecule has 0 atom stereocenters. The van der Waals surface area contributed by atoms with Crippen LogP contribution in [0.3, 0.4) is 0 Å². The zero-order valence-corrected chi connectivity index (χ0v) is 6.37. The number of nitrogens with one attached hydrogen (secondary N) is 2. The molecule has 5 nitrogen and oxygen atoms in total. The molecule has 0 fully saturated rings. The summed E-state index contributed by atoms with van der Waals surface area (Å²) < 4.78 is 0. The van der Waals surface area contributed by atoms with E-state index in [0.29, 0.717) is 31.0 Å². The third-order valence-corrected chi connectivity index (χ3v) is 1.66. The van der Waals surface area contributed by atoms with Crippen LogP contribution < -0.4 is 10.6 Å². The summed E-state index contributed by atoms with van der Waals surface area (Å²) in [6, 6.07) is 0. The molecule has 0 unspecified atom stereocenters. The number of aromatic nitrogens is 2. The fraction of sp³-hybridized carbons (Fsp3) is 0.286. The van der Waals surface area contributed by atoms with Gasteiger partial charge in [-0.1, -0.05) is 0 Å². The highest BCUT2D eigenvalue weighted by Crippen LogP contribution is 2.11. The number of carbonyl (C=O) groups excluding carboxylic acids is 1. The molecule has 2 N–H and O–H groups in total. The van der Waals surface area contributed by atoms with Crippen LogP contribution in [0.1, 0.15) is 16.2 Å². The van der Waals surface area contributed by atoms with Gasteiger partial charge in [-0.15, -0.1) is 0 Å². The van der Waals surface area contributed by atoms with E-state index in [2.05, 4.69) is 20.6 Å². The monoisotopic (exact) mass is 164 g/mol. The van der Waals surface area contributed by atoms with E-state index in [9.17, 15) is 4.79 Å². The molecule has 0 bridgehead atoms. The Labute approximate surface area is 69.2 Å². The Bertz CT molecular complexity index is 312. The van der Waals surface area contributed by atoms with Crippen LogP contribution in [0.25, 0.3) is 0 Å². The summed E-state index contributed by atoms with van der Waals surface area (Å²) in [7, 11) is 0. The summed E-state index contributed by atoms with van der Waals surface area (Å²) in [6.07, 6.45) is 2.16. The van der Waals surface area contributed by atoms with Crippen LogP contribution in [0.5, 0.6) is 0 Å². The van der Waals surface area contributed by atoms with Crippen molar-refractivity contribution < 1.29 is 4.79 Å². The van der Waals surface area contributed by atoms with Gasteiger partial charge >= 0.3 is 0 Å². The summed E-state index contributed by atoms with van der Waals surface area (Å²) in [5, 5.41) is 6.07. The molecule has 0 spiro atoms. The molecule has 1 aliphatic rings. The van der Waals surface area contributed by atoms with Crippen molar-refractivity contribution in [2.75, 3.05) is 12.0 Å². The van der Waals surface area contributed by atoms with Crippen molar-refractivity contribution in [3.05, 3.63) is 17.6 Å². The fourth-order valence-corrected chi connectivity index (χ4v) is 1.08. The number of aldehydes is 1. The second kappa shape index (κ2) is 2.86. The summed E-state index contributed by atoms with van der Waals surface area (Å²) >= 11 is 0. The molecular weight excluding hydrogens is 156 g/mol. The number of nitrogens with zero attached hydrogens (tertiary/aromatic N) is 2. The number of hydrogen-bond donors (Lipinski definition) is 2. The molecule has 5 heteroatoms. The second-order valence-electron chi connectivity index (χ2n) is 2.49. The minimum absolute atomic E-state index is 0.364. The lowest BCUT2D eigenvalue weighted by molar-refractivity contribution is 0.111. The van der Waals surface area contributed by atoms with Crippen molar-refractivity contribution in [2.24, 2.45) is 0 Å². The van der Waals surface area contributed by atoms with Crippen LogP contribution in [-0.2, 0) is 6.54 Å². The lowest BCUT2D eigenvalue weighted by Crippen LogP contribution is -2.29. The molecule has 0 saturated heterocycles. The first-order valence-electron chi connectivity index (χ1n) is 3.66. The first-order chi connectivity index (χ1) is 5.90. The van der Waals surface area contributed by atoms with E-state index >= 15 is 0 Å². The number of fused-ring (bicyclic) bond motifs is 1. The van der Waals surface area contributed by atoms with E-state index in [-0.39, 0.29) is 0 Å². The summed E-state index contributed by atoms with van der Waals surface area (Å²) in [5.41, 5.74) is 1.22. The van der Waals surface area contributed by atoms with Gasteiger partial charge in [-0.3, -0.25) is 15.1 Å². The molecule has 1 aromatic heterocycles. The Morgan fingerprint density at radius 1 is 1.58 bits per heavy atom. The molecule has 2 heterocycles. The molecule has 0 aromatic carbocycles. The van der Waals surface area contributed by atoms with Crippen molar-refractivity contribution in [1.29, 1.82) is 0 Å². The zero-order valence-electron chi connectivity index (χ0n) is 6.37. The van der Waals surface area contributed by atoms with Gasteiger partial charge in [0.1, 0.15) is 5.69 Å². The molecule has 0 saturated carbocycles. The topological polar surface area (TPSA) is 66.9 Å². The average molecular weight is 164 g/mol. The van der Waals surface area contributed by atoms with Crippen molar-refractivity contribution in [3.8, 4) is 0 Å². The fourth-order valence-electron chi connectivity index (χ4n) is 1.08. The highest BCUT2D eigenvalue weighted by atomic mass is 16.1. The Morgan fingerprint density at radius 3 is 3.33 bits per heavy atom. The smallest absolute Gasteiger partial charge is 0.170 e. The van der Waals surface area contributed by atoms with Gasteiger partial charge in [-0.2, -0.15) is 0 Å². The Balaban J connectivity index is 2.42. The van der Waals surface area contributed by atoms with E-state index in [0.717, 1.165) is 5.69 Å². The molecular formula is C7H8N4O. The average Bonchev–Trinajstić information content (AvgIpc) is 2.17. The van der Waals surface area contributed by atoms with Crippen LogP contribution in [0, 0.1) is 0 Å². The van der Waals surface area contributed by atoms with Gasteiger partial charge in [-0.05, 0) is 0 Å². The lowest BCUT2D eigenvalue weighted by atomic mass is 10.3. The minimum Gasteiger partial charge on any atom is -0.356 e. The predicted molar refractivity (Wildman–Crippen MR) is 42.7 cm³/mol. The Morgan fingerprint density at radius 2 is 2.50 bits per heavy atom. The van der Waals surface area contributed by atoms with Gasteiger partial charge in [0.15, 0.2) is 12.1 Å². The van der Waals surface area contributed by atoms with E-state index in [1.54, 1.807) is 0 Å². The van der Waals surface area contributed by atoms with Crippen LogP contribution in [0.15, 0.2) is 6.20 Å². The number of anilines is 1. The van der Waals surface area contributed by atoms with Crippen molar-refractivity contribution in [1.82, 2.24) is 15.3 Å². The van der Waals surface area contributed by atoms with Crippen molar-refractivity contribution in [2.45, 2.75) is 6.54 Å². The van der Waals surface area contributed by atoms with Crippen LogP contribution >= 0.6 is 0 Å². The minimum atomic E-state index is 0.364. The zero-order chi connectivity index (χ0) is 8.39. The molecule has 0 radical (unpaired) electrons. The van der Waals surface area contributed by atoms with Crippen molar-refractivity contribution in [3.63, 3.8) is 0 Å². The number of hydrogen-bond acceptors (Lipinski definition) is 5. The van der Waals surface area contributed by atoms with Gasteiger partial charge in [0.05, 0.1) is 18.6 Å². The Hall–Kier alpha value is -1.49. The van der Waals surface area contributed by atoms with E-state index in [1.165, 1.54) is 6.20 Å². The highest BCUT2D eigenvalue weighted by Gasteiger charge is 2.10. The van der Waals surface area contributed by atoms with E-state index in [1.807, 2.05) is 0 Å². The maximum Gasteiger partial charge on any atom is 0.170 e. The molecule has 62 valence electrons. The predicted octanol–water partition coefficient (Wildman–Crippen LogP) is -0.238. The van der Waals surface area contributed by atoms with Gasteiger partial charge in [-0.25, -0.2) is 4.98 Å². The molecule has 12 heavy (non-hydrogen) atoms. The third-order valence-electron chi connectivity index (χ3n) is 1.66. The highest BCUT2D eigenvalue weighted by molar-refractivity contribution is 5.72. The largest absolute Gasteiger partial charge is 0.356 e. The maximum absolute atomic E-state index is 10.3. The van der Waals surface area contributed by atoms with Crippen molar-refractivity contribution >= 4 is 12.1 Å². The summed E-state index contributed by atoms with van der Waals surface area (Å²) in [6.45, 7) is 1.37. The number of carbonyl (C=O) groups is 1. The SMILES string of the molecule is O=Cc1cnc2c(n1)NCNC2. The van der Waals surface area contributed by atoms with Gasteiger partial charge in [0, 0.05) is 6.54 Å². The molecule has 0 aliphatic carbocycles. The normalized spacial score (nSPS) is 14.7. The van der Waals surface area contributed by atoms with Crippen LogP contribution in [0.2, 0.25) is 0 Å². The van der Waals surface area contributed by atoms with Gasteiger partial charge < -0.3 is 5.32 Å². The quantitative estimate of drug-likeness (QED) is 0.561. The van der Waals surface area contributed by atoms with Crippen LogP contribution in [0.4, 0.5) is 5.82 Å². The Kier molecular flexibility index (Phi) is 1.71. The first kappa shape index (κ1) is 7.17. The van der Waals surface area contributed by atoms with Crippen LogP contribution in [-0.4, -0.2) is 22.9 Å². The number of rotatable bonds is 1. The lowest BCUT2D eigenvalue weighted by Gasteiger charge is -2.16. The summed E-state index contributed by atoms with van der Waals surface area (Å²) in [4.78, 5) is 18.5. The van der Waals surface area contributed by atoms with E-state index < -0.39 is 0 Å². The van der Waals surface area contributed by atoms with E-state index in [4.69, 9.17) is 0 Å². The second-order valence-corrected chi connectivity index (χ2v) is 2.49. The maximum atomic E-state index is 10.3. The molecule has 2 rings (SSSR count). The van der Waals surface area contributed by atoms with Gasteiger partial charge in [0.25, 0.3) is 0 Å². The molecule has 1 aliphatic heterocycles. The molecule has 1 aromatic rings. The molecule has 0 amide bonds. The first-order valence-corrected chi connectivity index (χ1v) is 3.66. The van der Waals surface area contributed by atoms with Gasteiger partial charge in [0.2, 0.25) is 0 Å². The third kappa shape index (κ3) is 1.14. The summed E-state index contributed by atoms with van der Waals surface area (Å²) in [5.74, 6) is 0.707. The standard InChI is InChI=1S/C7H8N4O/c12-3-5-1-9-6-2-8-4-10-7(6)11-5/h1,3,8H,2,4H2,(H,10,11).